The van der Waals surface area contributed by atoms with Crippen LogP contribution in [0.1, 0.15) is 22.5 Å². The summed E-state index contributed by atoms with van der Waals surface area (Å²) in [6, 6.07) is 9.83. The number of aromatic nitrogens is 1. The lowest BCUT2D eigenvalue weighted by atomic mass is 9.98. The van der Waals surface area contributed by atoms with Gasteiger partial charge in [-0.2, -0.15) is 0 Å². The fraction of sp³-hybridized carbons (Fsp3) is 0.312. The van der Waals surface area contributed by atoms with Gasteiger partial charge in [-0.3, -0.25) is 4.79 Å². The van der Waals surface area contributed by atoms with Crippen LogP contribution in [-0.4, -0.2) is 11.1 Å². The third-order valence-electron chi connectivity index (χ3n) is 3.76. The van der Waals surface area contributed by atoms with Crippen LogP contribution in [0.25, 0.3) is 5.69 Å². The van der Waals surface area contributed by atoms with Gasteiger partial charge in [-0.05, 0) is 44.0 Å². The third kappa shape index (κ3) is 2.10. The number of fused-ring (bicyclic) bond motifs is 1. The van der Waals surface area contributed by atoms with Gasteiger partial charge in [-0.15, -0.1) is 0 Å². The second-order valence-electron chi connectivity index (χ2n) is 5.15. The monoisotopic (exact) mass is 254 g/mol. The Morgan fingerprint density at radius 3 is 2.63 bits per heavy atom. The Morgan fingerprint density at radius 1 is 1.16 bits per heavy atom. The Bertz CT molecular complexity index is 659. The van der Waals surface area contributed by atoms with Crippen molar-refractivity contribution in [2.24, 2.45) is 0 Å². The number of benzene rings is 1. The molecule has 0 unspecified atom stereocenters. The normalized spacial score (nSPS) is 14.2. The Kier molecular flexibility index (Phi) is 2.99. The fourth-order valence-electron chi connectivity index (χ4n) is 2.96. The van der Waals surface area contributed by atoms with Gasteiger partial charge in [0, 0.05) is 35.8 Å². The number of hydrogen-bond acceptors (Lipinski definition) is 2. The van der Waals surface area contributed by atoms with Gasteiger partial charge in [0.1, 0.15) is 0 Å². The van der Waals surface area contributed by atoms with Crippen LogP contribution in [0.15, 0.2) is 35.1 Å². The molecule has 0 fully saturated rings. The second-order valence-corrected chi connectivity index (χ2v) is 5.15. The van der Waals surface area contributed by atoms with E-state index in [0.717, 1.165) is 30.9 Å². The molecule has 2 heterocycles. The summed E-state index contributed by atoms with van der Waals surface area (Å²) >= 11 is 0. The number of hydrogen-bond donors (Lipinski definition) is 1. The summed E-state index contributed by atoms with van der Waals surface area (Å²) in [4.78, 5) is 11.6. The van der Waals surface area contributed by atoms with Crippen LogP contribution in [0, 0.1) is 13.8 Å². The average molecular weight is 254 g/mol. The van der Waals surface area contributed by atoms with Gasteiger partial charge in [0.25, 0.3) is 0 Å². The summed E-state index contributed by atoms with van der Waals surface area (Å²) in [6.07, 6.45) is 1.04. The lowest BCUT2D eigenvalue weighted by Crippen LogP contribution is -2.25. The van der Waals surface area contributed by atoms with E-state index in [1.807, 2.05) is 13.8 Å². The lowest BCUT2D eigenvalue weighted by molar-refractivity contribution is 0.639. The molecule has 98 valence electrons. The Labute approximate surface area is 112 Å². The molecule has 1 N–H and O–H groups in total. The molecular weight excluding hydrogens is 236 g/mol. The van der Waals surface area contributed by atoms with Crippen molar-refractivity contribution in [3.8, 4) is 5.69 Å². The Balaban J connectivity index is 2.26. The molecule has 2 aromatic rings. The molecule has 0 aliphatic carbocycles. The molecule has 0 saturated carbocycles. The van der Waals surface area contributed by atoms with Gasteiger partial charge in [0.2, 0.25) is 0 Å². The first-order chi connectivity index (χ1) is 9.16. The van der Waals surface area contributed by atoms with Crippen LogP contribution in [0.2, 0.25) is 0 Å². The molecular formula is C16H18N2O. The molecule has 0 bridgehead atoms. The number of rotatable bonds is 1. The summed E-state index contributed by atoms with van der Waals surface area (Å²) in [5.41, 5.74) is 6.05. The third-order valence-corrected chi connectivity index (χ3v) is 3.76. The van der Waals surface area contributed by atoms with E-state index in [4.69, 9.17) is 0 Å². The maximum absolute atomic E-state index is 11.6. The predicted octanol–water partition coefficient (Wildman–Crippen LogP) is 2.10. The van der Waals surface area contributed by atoms with Gasteiger partial charge in [-0.1, -0.05) is 12.1 Å². The van der Waals surface area contributed by atoms with Crippen molar-refractivity contribution in [1.82, 2.24) is 9.88 Å². The van der Waals surface area contributed by atoms with Crippen molar-refractivity contribution in [1.29, 1.82) is 0 Å². The molecule has 3 heteroatoms. The highest BCUT2D eigenvalue weighted by Crippen LogP contribution is 2.24. The van der Waals surface area contributed by atoms with Crippen molar-refractivity contribution in [3.63, 3.8) is 0 Å². The second kappa shape index (κ2) is 4.67. The van der Waals surface area contributed by atoms with Crippen LogP contribution >= 0.6 is 0 Å². The van der Waals surface area contributed by atoms with Crippen LogP contribution in [0.3, 0.4) is 0 Å². The SMILES string of the molecule is Cc1cc(=O)cc(C)n1-c1cccc2c1CCNC2. The minimum atomic E-state index is 0.0812. The molecule has 0 atom stereocenters. The van der Waals surface area contributed by atoms with E-state index in [0.29, 0.717) is 0 Å². The standard InChI is InChI=1S/C16H18N2O/c1-11-8-14(19)9-12(2)18(11)16-5-3-4-13-10-17-7-6-15(13)16/h3-5,8-9,17H,6-7,10H2,1-2H3. The van der Waals surface area contributed by atoms with E-state index < -0.39 is 0 Å². The molecule has 1 aliphatic heterocycles. The Morgan fingerprint density at radius 2 is 1.89 bits per heavy atom. The largest absolute Gasteiger partial charge is 0.318 e. The molecule has 0 spiro atoms. The van der Waals surface area contributed by atoms with Crippen molar-refractivity contribution >= 4 is 0 Å². The van der Waals surface area contributed by atoms with E-state index in [1.54, 1.807) is 12.1 Å². The minimum Gasteiger partial charge on any atom is -0.318 e. The zero-order chi connectivity index (χ0) is 13.4. The van der Waals surface area contributed by atoms with Gasteiger partial charge < -0.3 is 9.88 Å². The summed E-state index contributed by atoms with van der Waals surface area (Å²) in [5.74, 6) is 0. The summed E-state index contributed by atoms with van der Waals surface area (Å²) in [7, 11) is 0. The quantitative estimate of drug-likeness (QED) is 0.845. The maximum atomic E-state index is 11.6. The highest BCUT2D eigenvalue weighted by atomic mass is 16.1. The molecule has 0 saturated heterocycles. The molecule has 3 rings (SSSR count). The zero-order valence-electron chi connectivity index (χ0n) is 11.4. The van der Waals surface area contributed by atoms with E-state index in [2.05, 4.69) is 28.1 Å². The van der Waals surface area contributed by atoms with Crippen LogP contribution in [-0.2, 0) is 13.0 Å². The summed E-state index contributed by atoms with van der Waals surface area (Å²) in [6.45, 7) is 5.94. The smallest absolute Gasteiger partial charge is 0.182 e. The van der Waals surface area contributed by atoms with Crippen LogP contribution in [0.4, 0.5) is 0 Å². The van der Waals surface area contributed by atoms with Gasteiger partial charge in [0.15, 0.2) is 5.43 Å². The zero-order valence-corrected chi connectivity index (χ0v) is 11.4. The van der Waals surface area contributed by atoms with Gasteiger partial charge in [-0.25, -0.2) is 0 Å². The highest BCUT2D eigenvalue weighted by molar-refractivity contribution is 5.49. The Hall–Kier alpha value is -1.87. The molecule has 1 aromatic carbocycles. The molecule has 1 aromatic heterocycles. The molecule has 0 amide bonds. The number of aryl methyl sites for hydroxylation is 2. The molecule has 1 aliphatic rings. The van der Waals surface area contributed by atoms with Crippen molar-refractivity contribution in [2.75, 3.05) is 6.54 Å². The number of pyridine rings is 1. The number of nitrogens with zero attached hydrogens (tertiary/aromatic N) is 1. The topological polar surface area (TPSA) is 34.0 Å². The van der Waals surface area contributed by atoms with E-state index in [9.17, 15) is 4.79 Å². The highest BCUT2D eigenvalue weighted by Gasteiger charge is 2.15. The number of nitrogens with one attached hydrogen (secondary N) is 1. The maximum Gasteiger partial charge on any atom is 0.182 e. The first-order valence-electron chi connectivity index (χ1n) is 6.69. The lowest BCUT2D eigenvalue weighted by Gasteiger charge is -2.23. The van der Waals surface area contributed by atoms with Crippen LogP contribution < -0.4 is 10.7 Å². The minimum absolute atomic E-state index is 0.0812. The predicted molar refractivity (Wildman–Crippen MR) is 76.9 cm³/mol. The first kappa shape index (κ1) is 12.2. The van der Waals surface area contributed by atoms with E-state index in [1.165, 1.54) is 16.8 Å². The molecule has 0 radical (unpaired) electrons. The van der Waals surface area contributed by atoms with Crippen molar-refractivity contribution in [3.05, 3.63) is 63.1 Å². The molecule has 19 heavy (non-hydrogen) atoms. The fourth-order valence-corrected chi connectivity index (χ4v) is 2.96. The first-order valence-corrected chi connectivity index (χ1v) is 6.69. The van der Waals surface area contributed by atoms with Crippen molar-refractivity contribution < 1.29 is 0 Å². The van der Waals surface area contributed by atoms with Crippen LogP contribution in [0.5, 0.6) is 0 Å². The molecule has 3 nitrogen and oxygen atoms in total. The average Bonchev–Trinajstić information content (AvgIpc) is 2.38. The van der Waals surface area contributed by atoms with E-state index >= 15 is 0 Å². The van der Waals surface area contributed by atoms with Crippen molar-refractivity contribution in [2.45, 2.75) is 26.8 Å². The summed E-state index contributed by atoms with van der Waals surface area (Å²) < 4.78 is 2.19. The van der Waals surface area contributed by atoms with Gasteiger partial charge in [0.05, 0.1) is 0 Å². The summed E-state index contributed by atoms with van der Waals surface area (Å²) in [5, 5.41) is 3.40. The van der Waals surface area contributed by atoms with Gasteiger partial charge >= 0.3 is 0 Å². The van der Waals surface area contributed by atoms with E-state index in [-0.39, 0.29) is 5.43 Å².